The largest absolute Gasteiger partial charge is 0.341 e. The lowest BCUT2D eigenvalue weighted by atomic mass is 10.1. The van der Waals surface area contributed by atoms with Gasteiger partial charge in [-0.25, -0.2) is 13.1 Å². The molecule has 1 aliphatic heterocycles. The summed E-state index contributed by atoms with van der Waals surface area (Å²) in [5.41, 5.74) is 2.49. The average molecular weight is 353 g/mol. The minimum Gasteiger partial charge on any atom is -0.341 e. The Balaban J connectivity index is 1.97. The van der Waals surface area contributed by atoms with E-state index >= 15 is 0 Å². The molecular weight excluding hydrogens is 326 g/mol. The third-order valence-corrected chi connectivity index (χ3v) is 5.96. The standard InChI is InChI=1S/C17H27N3O3S/c1-13-11-14(2)17(15(3)12-13)24(22,23)19-7-5-16(21)20-9-4-6-18-8-10-20/h11-12,18-19H,4-10H2,1-3H3. The molecule has 0 bridgehead atoms. The molecule has 134 valence electrons. The molecule has 1 aromatic rings. The highest BCUT2D eigenvalue weighted by molar-refractivity contribution is 7.89. The van der Waals surface area contributed by atoms with Gasteiger partial charge in [0.2, 0.25) is 15.9 Å². The first-order valence-electron chi connectivity index (χ1n) is 8.37. The number of nitrogens with zero attached hydrogens (tertiary/aromatic N) is 1. The lowest BCUT2D eigenvalue weighted by molar-refractivity contribution is -0.130. The second kappa shape index (κ2) is 8.09. The van der Waals surface area contributed by atoms with Crippen LogP contribution < -0.4 is 10.0 Å². The van der Waals surface area contributed by atoms with Crippen molar-refractivity contribution in [1.82, 2.24) is 14.9 Å². The van der Waals surface area contributed by atoms with Gasteiger partial charge in [0.25, 0.3) is 0 Å². The SMILES string of the molecule is Cc1cc(C)c(S(=O)(=O)NCCC(=O)N2CCCNCC2)c(C)c1. The van der Waals surface area contributed by atoms with E-state index < -0.39 is 10.0 Å². The average Bonchev–Trinajstić information content (AvgIpc) is 2.74. The van der Waals surface area contributed by atoms with Crippen LogP contribution in [0.2, 0.25) is 0 Å². The van der Waals surface area contributed by atoms with Crippen LogP contribution >= 0.6 is 0 Å². The van der Waals surface area contributed by atoms with Gasteiger partial charge in [-0.2, -0.15) is 0 Å². The van der Waals surface area contributed by atoms with Crippen LogP contribution in [0.5, 0.6) is 0 Å². The predicted octanol–water partition coefficient (Wildman–Crippen LogP) is 1.10. The van der Waals surface area contributed by atoms with E-state index in [4.69, 9.17) is 0 Å². The Morgan fingerprint density at radius 1 is 1.17 bits per heavy atom. The fraction of sp³-hybridized carbons (Fsp3) is 0.588. The van der Waals surface area contributed by atoms with E-state index in [9.17, 15) is 13.2 Å². The molecule has 2 N–H and O–H groups in total. The highest BCUT2D eigenvalue weighted by Gasteiger charge is 2.21. The number of amides is 1. The number of carbonyl (C=O) groups excluding carboxylic acids is 1. The van der Waals surface area contributed by atoms with Gasteiger partial charge in [-0.05, 0) is 44.9 Å². The topological polar surface area (TPSA) is 78.5 Å². The van der Waals surface area contributed by atoms with E-state index in [1.807, 2.05) is 19.1 Å². The van der Waals surface area contributed by atoms with Crippen molar-refractivity contribution in [2.45, 2.75) is 38.5 Å². The Bertz CT molecular complexity index is 670. The number of sulfonamides is 1. The van der Waals surface area contributed by atoms with Crippen molar-refractivity contribution in [2.24, 2.45) is 0 Å². The number of hydrogen-bond acceptors (Lipinski definition) is 4. The van der Waals surface area contributed by atoms with E-state index in [-0.39, 0.29) is 18.9 Å². The molecule has 0 unspecified atom stereocenters. The molecule has 1 saturated heterocycles. The van der Waals surface area contributed by atoms with Crippen LogP contribution in [0.3, 0.4) is 0 Å². The lowest BCUT2D eigenvalue weighted by Crippen LogP contribution is -2.36. The summed E-state index contributed by atoms with van der Waals surface area (Å²) in [6, 6.07) is 3.72. The highest BCUT2D eigenvalue weighted by atomic mass is 32.2. The third-order valence-electron chi connectivity index (χ3n) is 4.20. The van der Waals surface area contributed by atoms with Crippen LogP contribution in [0.15, 0.2) is 17.0 Å². The van der Waals surface area contributed by atoms with Crippen LogP contribution in [-0.4, -0.2) is 51.9 Å². The van der Waals surface area contributed by atoms with E-state index in [0.717, 1.165) is 42.7 Å². The minimum atomic E-state index is -3.61. The molecule has 0 saturated carbocycles. The Morgan fingerprint density at radius 2 is 1.83 bits per heavy atom. The van der Waals surface area contributed by atoms with Gasteiger partial charge >= 0.3 is 0 Å². The first-order valence-corrected chi connectivity index (χ1v) is 9.85. The van der Waals surface area contributed by atoms with Gasteiger partial charge in [-0.1, -0.05) is 17.7 Å². The molecule has 1 heterocycles. The second-order valence-electron chi connectivity index (χ2n) is 6.36. The number of benzene rings is 1. The Kier molecular flexibility index (Phi) is 6.37. The first kappa shape index (κ1) is 18.9. The van der Waals surface area contributed by atoms with Gasteiger partial charge < -0.3 is 10.2 Å². The molecule has 7 heteroatoms. The monoisotopic (exact) mass is 353 g/mol. The molecule has 1 aromatic carbocycles. The van der Waals surface area contributed by atoms with Crippen molar-refractivity contribution in [1.29, 1.82) is 0 Å². The van der Waals surface area contributed by atoms with Crippen molar-refractivity contribution < 1.29 is 13.2 Å². The molecule has 0 radical (unpaired) electrons. The molecular formula is C17H27N3O3S. The van der Waals surface area contributed by atoms with Crippen molar-refractivity contribution in [3.8, 4) is 0 Å². The zero-order chi connectivity index (χ0) is 17.7. The van der Waals surface area contributed by atoms with E-state index in [0.29, 0.717) is 11.4 Å². The molecule has 1 amide bonds. The van der Waals surface area contributed by atoms with Crippen molar-refractivity contribution >= 4 is 15.9 Å². The van der Waals surface area contributed by atoms with E-state index in [2.05, 4.69) is 10.0 Å². The molecule has 6 nitrogen and oxygen atoms in total. The molecule has 24 heavy (non-hydrogen) atoms. The predicted molar refractivity (Wildman–Crippen MR) is 94.5 cm³/mol. The quantitative estimate of drug-likeness (QED) is 0.831. The summed E-state index contributed by atoms with van der Waals surface area (Å²) in [6.45, 7) is 8.78. The molecule has 1 aliphatic rings. The maximum atomic E-state index is 12.6. The minimum absolute atomic E-state index is 0.00116. The van der Waals surface area contributed by atoms with Crippen LogP contribution in [0, 0.1) is 20.8 Å². The van der Waals surface area contributed by atoms with Crippen molar-refractivity contribution in [2.75, 3.05) is 32.7 Å². The van der Waals surface area contributed by atoms with Crippen molar-refractivity contribution in [3.05, 3.63) is 28.8 Å². The zero-order valence-corrected chi connectivity index (χ0v) is 15.5. The number of hydrogen-bond donors (Lipinski definition) is 2. The maximum Gasteiger partial charge on any atom is 0.241 e. The Morgan fingerprint density at radius 3 is 2.50 bits per heavy atom. The fourth-order valence-electron chi connectivity index (χ4n) is 3.21. The van der Waals surface area contributed by atoms with E-state index in [1.165, 1.54) is 0 Å². The van der Waals surface area contributed by atoms with Gasteiger partial charge in [-0.3, -0.25) is 4.79 Å². The van der Waals surface area contributed by atoms with Gasteiger partial charge in [0.05, 0.1) is 4.90 Å². The summed E-state index contributed by atoms with van der Waals surface area (Å²) in [5.74, 6) is -0.00116. The molecule has 1 fully saturated rings. The number of carbonyl (C=O) groups is 1. The highest BCUT2D eigenvalue weighted by Crippen LogP contribution is 2.21. The number of rotatable bonds is 5. The lowest BCUT2D eigenvalue weighted by Gasteiger charge is -2.20. The molecule has 0 atom stereocenters. The van der Waals surface area contributed by atoms with Crippen molar-refractivity contribution in [3.63, 3.8) is 0 Å². The zero-order valence-electron chi connectivity index (χ0n) is 14.7. The summed E-state index contributed by atoms with van der Waals surface area (Å²) in [6.07, 6.45) is 1.11. The molecule has 0 aliphatic carbocycles. The Hall–Kier alpha value is -1.44. The summed E-state index contributed by atoms with van der Waals surface area (Å²) in [5, 5.41) is 3.25. The number of nitrogens with one attached hydrogen (secondary N) is 2. The summed E-state index contributed by atoms with van der Waals surface area (Å²) >= 11 is 0. The maximum absolute atomic E-state index is 12.6. The van der Waals surface area contributed by atoms with Crippen LogP contribution in [0.1, 0.15) is 29.5 Å². The fourth-order valence-corrected chi connectivity index (χ4v) is 4.69. The normalized spacial score (nSPS) is 16.0. The smallest absolute Gasteiger partial charge is 0.241 e. The van der Waals surface area contributed by atoms with Gasteiger partial charge in [0.15, 0.2) is 0 Å². The molecule has 0 spiro atoms. The van der Waals surface area contributed by atoms with Gasteiger partial charge in [0, 0.05) is 32.6 Å². The summed E-state index contributed by atoms with van der Waals surface area (Å²) in [7, 11) is -3.61. The van der Waals surface area contributed by atoms with Gasteiger partial charge in [-0.15, -0.1) is 0 Å². The number of aryl methyl sites for hydroxylation is 3. The summed E-state index contributed by atoms with van der Waals surface area (Å²) < 4.78 is 27.7. The third kappa shape index (κ3) is 4.78. The van der Waals surface area contributed by atoms with E-state index in [1.54, 1.807) is 18.7 Å². The van der Waals surface area contributed by atoms with Crippen LogP contribution in [0.25, 0.3) is 0 Å². The Labute approximate surface area is 144 Å². The van der Waals surface area contributed by atoms with Crippen LogP contribution in [-0.2, 0) is 14.8 Å². The van der Waals surface area contributed by atoms with Gasteiger partial charge in [0.1, 0.15) is 0 Å². The second-order valence-corrected chi connectivity index (χ2v) is 8.06. The summed E-state index contributed by atoms with van der Waals surface area (Å²) in [4.78, 5) is 14.3. The molecule has 2 rings (SSSR count). The first-order chi connectivity index (χ1) is 11.3. The molecule has 0 aromatic heterocycles. The van der Waals surface area contributed by atoms with Crippen LogP contribution in [0.4, 0.5) is 0 Å².